The number of aromatic amines is 2. The van der Waals surface area contributed by atoms with E-state index >= 15 is 0 Å². The van der Waals surface area contributed by atoms with Crippen LogP contribution in [0.1, 0.15) is 39.5 Å². The van der Waals surface area contributed by atoms with E-state index in [1.807, 2.05) is 4.90 Å². The monoisotopic (exact) mass is 413 g/mol. The molecule has 9 nitrogen and oxygen atoms in total. The Hall–Kier alpha value is -2.52. The molecule has 0 radical (unpaired) electrons. The van der Waals surface area contributed by atoms with Gasteiger partial charge in [0.25, 0.3) is 5.91 Å². The summed E-state index contributed by atoms with van der Waals surface area (Å²) in [7, 11) is 0. The number of amides is 1. The number of aromatic nitrogens is 3. The smallest absolute Gasteiger partial charge is 0.352 e. The molecule has 2 aromatic rings. The number of carboxylic acids is 1. The van der Waals surface area contributed by atoms with Gasteiger partial charge < -0.3 is 20.3 Å². The predicted molar refractivity (Wildman–Crippen MR) is 100 cm³/mol. The predicted octanol–water partition coefficient (Wildman–Crippen LogP) is 1.81. The Morgan fingerprint density at radius 2 is 1.93 bits per heavy atom. The number of carbonyl (C=O) groups excluding carboxylic acids is 1. The van der Waals surface area contributed by atoms with E-state index in [1.165, 1.54) is 6.07 Å². The van der Waals surface area contributed by atoms with Crippen molar-refractivity contribution in [1.82, 2.24) is 20.3 Å². The van der Waals surface area contributed by atoms with Crippen molar-refractivity contribution in [2.45, 2.75) is 25.8 Å². The SMILES string of the molecule is Cc1[nH]c(C(=O)NC2CCN(c3cc(C(=O)O)[nH]c(=O)n3)CC2)c(Cl)c1Cl. The zero-order chi connectivity index (χ0) is 19.7. The van der Waals surface area contributed by atoms with Gasteiger partial charge in [-0.2, -0.15) is 4.98 Å². The molecule has 11 heteroatoms. The minimum Gasteiger partial charge on any atom is -0.477 e. The minimum absolute atomic E-state index is 0.0897. The van der Waals surface area contributed by atoms with Gasteiger partial charge in [-0.25, -0.2) is 9.59 Å². The van der Waals surface area contributed by atoms with Crippen molar-refractivity contribution in [3.05, 3.63) is 43.7 Å². The number of anilines is 1. The Morgan fingerprint density at radius 3 is 2.48 bits per heavy atom. The van der Waals surface area contributed by atoms with Crippen LogP contribution < -0.4 is 15.9 Å². The van der Waals surface area contributed by atoms with Crippen LogP contribution in [0.3, 0.4) is 0 Å². The summed E-state index contributed by atoms with van der Waals surface area (Å²) >= 11 is 12.1. The van der Waals surface area contributed by atoms with Gasteiger partial charge in [0, 0.05) is 30.9 Å². The molecule has 2 aromatic heterocycles. The van der Waals surface area contributed by atoms with Gasteiger partial charge in [-0.15, -0.1) is 0 Å². The summed E-state index contributed by atoms with van der Waals surface area (Å²) < 4.78 is 0. The van der Waals surface area contributed by atoms with Gasteiger partial charge >= 0.3 is 11.7 Å². The van der Waals surface area contributed by atoms with E-state index in [1.54, 1.807) is 6.92 Å². The van der Waals surface area contributed by atoms with Crippen LogP contribution in [0.15, 0.2) is 10.9 Å². The summed E-state index contributed by atoms with van der Waals surface area (Å²) in [6.07, 6.45) is 1.21. The number of aryl methyl sites for hydroxylation is 1. The summed E-state index contributed by atoms with van der Waals surface area (Å²) in [5.74, 6) is -1.26. The summed E-state index contributed by atoms with van der Waals surface area (Å²) in [6.45, 7) is 2.75. The van der Waals surface area contributed by atoms with Crippen molar-refractivity contribution in [2.24, 2.45) is 0 Å². The Bertz CT molecular complexity index is 947. The molecule has 0 spiro atoms. The number of piperidine rings is 1. The largest absolute Gasteiger partial charge is 0.477 e. The lowest BCUT2D eigenvalue weighted by Gasteiger charge is -2.33. The van der Waals surface area contributed by atoms with E-state index in [-0.39, 0.29) is 28.4 Å². The number of nitrogens with zero attached hydrogens (tertiary/aromatic N) is 2. The van der Waals surface area contributed by atoms with Crippen LogP contribution in [0, 0.1) is 6.92 Å². The van der Waals surface area contributed by atoms with Gasteiger partial charge in [0.15, 0.2) is 0 Å². The average molecular weight is 414 g/mol. The Morgan fingerprint density at radius 1 is 1.26 bits per heavy atom. The third-order valence-corrected chi connectivity index (χ3v) is 5.34. The maximum Gasteiger partial charge on any atom is 0.352 e. The highest BCUT2D eigenvalue weighted by atomic mass is 35.5. The molecule has 1 aliphatic heterocycles. The first kappa shape index (κ1) is 19.2. The molecule has 0 atom stereocenters. The number of rotatable bonds is 4. The summed E-state index contributed by atoms with van der Waals surface area (Å²) in [6, 6.07) is 1.24. The highest BCUT2D eigenvalue weighted by Crippen LogP contribution is 2.29. The number of H-pyrrole nitrogens is 2. The van der Waals surface area contributed by atoms with Gasteiger partial charge in [-0.3, -0.25) is 9.78 Å². The Labute approximate surface area is 163 Å². The van der Waals surface area contributed by atoms with Crippen LogP contribution in [-0.4, -0.2) is 51.1 Å². The van der Waals surface area contributed by atoms with Crippen LogP contribution in [0.5, 0.6) is 0 Å². The molecule has 3 heterocycles. The van der Waals surface area contributed by atoms with Gasteiger partial charge in [-0.1, -0.05) is 23.2 Å². The van der Waals surface area contributed by atoms with Crippen molar-refractivity contribution in [3.8, 4) is 0 Å². The van der Waals surface area contributed by atoms with Crippen LogP contribution in [0.25, 0.3) is 0 Å². The Balaban J connectivity index is 1.64. The molecule has 4 N–H and O–H groups in total. The fourth-order valence-electron chi connectivity index (χ4n) is 2.96. The maximum absolute atomic E-state index is 12.4. The van der Waals surface area contributed by atoms with Crippen LogP contribution in [0.2, 0.25) is 10.0 Å². The molecular formula is C16H17Cl2N5O4. The topological polar surface area (TPSA) is 131 Å². The Kier molecular flexibility index (Phi) is 5.43. The molecule has 0 bridgehead atoms. The lowest BCUT2D eigenvalue weighted by molar-refractivity contribution is 0.0689. The van der Waals surface area contributed by atoms with E-state index in [4.69, 9.17) is 28.3 Å². The molecule has 1 fully saturated rings. The van der Waals surface area contributed by atoms with E-state index in [0.29, 0.717) is 42.5 Å². The number of carboxylic acid groups (broad SMARTS) is 1. The number of nitrogens with one attached hydrogen (secondary N) is 3. The number of hydrogen-bond donors (Lipinski definition) is 4. The molecule has 0 unspecified atom stereocenters. The summed E-state index contributed by atoms with van der Waals surface area (Å²) in [4.78, 5) is 45.7. The normalized spacial score (nSPS) is 15.0. The second-order valence-corrected chi connectivity index (χ2v) is 7.01. The third kappa shape index (κ3) is 4.09. The molecule has 144 valence electrons. The van der Waals surface area contributed by atoms with Crippen LogP contribution in [-0.2, 0) is 0 Å². The maximum atomic E-state index is 12.4. The first-order valence-electron chi connectivity index (χ1n) is 8.20. The molecule has 3 rings (SSSR count). The molecule has 1 amide bonds. The third-order valence-electron chi connectivity index (χ3n) is 4.40. The standard InChI is InChI=1S/C16H17Cl2N5O4/c1-7-11(17)12(18)13(19-7)14(24)20-8-2-4-23(5-3-8)10-6-9(15(25)26)21-16(27)22-10/h6,8,19H,2-5H2,1H3,(H,20,24)(H,25,26)(H,21,22,27). The van der Waals surface area contributed by atoms with Gasteiger partial charge in [0.05, 0.1) is 10.0 Å². The van der Waals surface area contributed by atoms with Gasteiger partial charge in [0.2, 0.25) is 0 Å². The number of carbonyl (C=O) groups is 2. The number of aromatic carboxylic acids is 1. The minimum atomic E-state index is -1.23. The quantitative estimate of drug-likeness (QED) is 0.604. The van der Waals surface area contributed by atoms with E-state index < -0.39 is 11.7 Å². The van der Waals surface area contributed by atoms with Crippen molar-refractivity contribution in [2.75, 3.05) is 18.0 Å². The lowest BCUT2D eigenvalue weighted by Crippen LogP contribution is -2.45. The second kappa shape index (κ2) is 7.61. The van der Waals surface area contributed by atoms with E-state index in [0.717, 1.165) is 0 Å². The first-order valence-corrected chi connectivity index (χ1v) is 8.96. The van der Waals surface area contributed by atoms with Gasteiger partial charge in [-0.05, 0) is 19.8 Å². The summed E-state index contributed by atoms with van der Waals surface area (Å²) in [5.41, 5.74) is -0.0803. The average Bonchev–Trinajstić information content (AvgIpc) is 2.89. The highest BCUT2D eigenvalue weighted by Gasteiger charge is 2.25. The number of halogens is 2. The van der Waals surface area contributed by atoms with E-state index in [9.17, 15) is 14.4 Å². The fraction of sp³-hybridized carbons (Fsp3) is 0.375. The van der Waals surface area contributed by atoms with Crippen LogP contribution >= 0.6 is 23.2 Å². The second-order valence-electron chi connectivity index (χ2n) is 6.25. The highest BCUT2D eigenvalue weighted by molar-refractivity contribution is 6.44. The molecule has 0 aliphatic carbocycles. The molecule has 0 saturated carbocycles. The molecule has 0 aromatic carbocycles. The summed E-state index contributed by atoms with van der Waals surface area (Å²) in [5, 5.41) is 12.5. The van der Waals surface area contributed by atoms with Crippen LogP contribution in [0.4, 0.5) is 5.82 Å². The fourth-order valence-corrected chi connectivity index (χ4v) is 3.38. The molecule has 1 aliphatic rings. The van der Waals surface area contributed by atoms with Crippen molar-refractivity contribution in [3.63, 3.8) is 0 Å². The molecule has 1 saturated heterocycles. The zero-order valence-corrected chi connectivity index (χ0v) is 15.8. The molecular weight excluding hydrogens is 397 g/mol. The van der Waals surface area contributed by atoms with Crippen molar-refractivity contribution in [1.29, 1.82) is 0 Å². The van der Waals surface area contributed by atoms with Gasteiger partial charge in [0.1, 0.15) is 17.2 Å². The zero-order valence-electron chi connectivity index (χ0n) is 14.3. The van der Waals surface area contributed by atoms with E-state index in [2.05, 4.69) is 20.3 Å². The van der Waals surface area contributed by atoms with Crippen molar-refractivity contribution >= 4 is 40.9 Å². The lowest BCUT2D eigenvalue weighted by atomic mass is 10.0. The number of hydrogen-bond acceptors (Lipinski definition) is 5. The first-order chi connectivity index (χ1) is 12.8. The van der Waals surface area contributed by atoms with Crippen molar-refractivity contribution < 1.29 is 14.7 Å². The molecule has 27 heavy (non-hydrogen) atoms.